The first-order valence-corrected chi connectivity index (χ1v) is 12.4. The summed E-state index contributed by atoms with van der Waals surface area (Å²) in [5.74, 6) is 1.73. The van der Waals surface area contributed by atoms with E-state index < -0.39 is 0 Å². The van der Waals surface area contributed by atoms with Crippen LogP contribution in [0.1, 0.15) is 30.7 Å². The van der Waals surface area contributed by atoms with Crippen LogP contribution in [-0.4, -0.2) is 31.7 Å². The number of nitrogens with one attached hydrogen (secondary N) is 1. The molecule has 2 heterocycles. The number of nitrogens with zero attached hydrogens (tertiary/aromatic N) is 4. The lowest BCUT2D eigenvalue weighted by molar-refractivity contribution is -0.118. The van der Waals surface area contributed by atoms with Crippen molar-refractivity contribution >= 4 is 29.1 Å². The second-order valence-electron chi connectivity index (χ2n) is 8.80. The summed E-state index contributed by atoms with van der Waals surface area (Å²) in [5.41, 5.74) is 3.14. The van der Waals surface area contributed by atoms with Gasteiger partial charge in [-0.2, -0.15) is 9.50 Å². The Morgan fingerprint density at radius 2 is 1.86 bits per heavy atom. The van der Waals surface area contributed by atoms with Crippen molar-refractivity contribution in [1.29, 1.82) is 0 Å². The monoisotopic (exact) mass is 491 g/mol. The Morgan fingerprint density at radius 1 is 1.11 bits per heavy atom. The van der Waals surface area contributed by atoms with Crippen LogP contribution >= 0.6 is 11.8 Å². The molecule has 0 aliphatic heterocycles. The molecule has 1 amide bonds. The van der Waals surface area contributed by atoms with Gasteiger partial charge in [-0.3, -0.25) is 14.3 Å². The molecule has 182 valence electrons. The van der Waals surface area contributed by atoms with Crippen molar-refractivity contribution in [3.05, 3.63) is 82.0 Å². The van der Waals surface area contributed by atoms with Crippen LogP contribution < -0.4 is 15.6 Å². The van der Waals surface area contributed by atoms with Crippen molar-refractivity contribution in [2.45, 2.75) is 44.9 Å². The minimum atomic E-state index is -0.241. The standard InChI is InChI=1S/C26H29N5O3S/c1-17(2)13-30-16-27-26-28-20(12-24(33)31(26)30)15-35-22-11-6-5-10-21(22)29-23(32)14-34-25-18(3)8-7-9-19(25)4/h5-12,16-17H,13-15H2,1-4H3,(H,29,32). The molecule has 0 aliphatic rings. The molecule has 8 nitrogen and oxygen atoms in total. The molecule has 2 aromatic carbocycles. The number of aryl methyl sites for hydroxylation is 2. The smallest absolute Gasteiger partial charge is 0.274 e. The highest BCUT2D eigenvalue weighted by molar-refractivity contribution is 7.98. The van der Waals surface area contributed by atoms with Gasteiger partial charge < -0.3 is 10.1 Å². The normalized spacial score (nSPS) is 11.2. The number of rotatable bonds is 9. The summed E-state index contributed by atoms with van der Waals surface area (Å²) in [6.45, 7) is 8.68. The molecule has 0 radical (unpaired) electrons. The number of amides is 1. The number of fused-ring (bicyclic) bond motifs is 1. The van der Waals surface area contributed by atoms with E-state index in [1.165, 1.54) is 22.3 Å². The largest absolute Gasteiger partial charge is 0.483 e. The number of thioether (sulfide) groups is 1. The van der Waals surface area contributed by atoms with E-state index in [1.807, 2.05) is 56.3 Å². The first-order valence-electron chi connectivity index (χ1n) is 11.5. The van der Waals surface area contributed by atoms with Crippen molar-refractivity contribution < 1.29 is 9.53 Å². The molecule has 2 aromatic heterocycles. The molecule has 9 heteroatoms. The van der Waals surface area contributed by atoms with Crippen molar-refractivity contribution in [2.75, 3.05) is 11.9 Å². The van der Waals surface area contributed by atoms with E-state index in [1.54, 1.807) is 11.0 Å². The van der Waals surface area contributed by atoms with Gasteiger partial charge in [-0.15, -0.1) is 11.8 Å². The minimum absolute atomic E-state index is 0.0846. The third-order valence-corrected chi connectivity index (χ3v) is 6.45. The molecule has 1 N–H and O–H groups in total. The Hall–Kier alpha value is -3.59. The number of ether oxygens (including phenoxy) is 1. The summed E-state index contributed by atoms with van der Waals surface area (Å²) < 4.78 is 9.06. The maximum atomic E-state index is 12.7. The van der Waals surface area contributed by atoms with Gasteiger partial charge in [0.1, 0.15) is 12.1 Å². The molecule has 0 unspecified atom stereocenters. The quantitative estimate of drug-likeness (QED) is 0.347. The number of hydrogen-bond donors (Lipinski definition) is 1. The molecule has 0 saturated heterocycles. The fraction of sp³-hybridized carbons (Fsp3) is 0.308. The summed E-state index contributed by atoms with van der Waals surface area (Å²) in [4.78, 5) is 35.0. The average Bonchev–Trinajstić information content (AvgIpc) is 3.20. The molecule has 0 fully saturated rings. The Morgan fingerprint density at radius 3 is 2.60 bits per heavy atom. The lowest BCUT2D eigenvalue weighted by atomic mass is 10.1. The summed E-state index contributed by atoms with van der Waals surface area (Å²) in [6.07, 6.45) is 1.64. The van der Waals surface area contributed by atoms with E-state index in [0.29, 0.717) is 35.4 Å². The predicted molar refractivity (Wildman–Crippen MR) is 138 cm³/mol. The van der Waals surface area contributed by atoms with Crippen molar-refractivity contribution in [3.8, 4) is 5.75 Å². The third kappa shape index (κ3) is 5.92. The first kappa shape index (κ1) is 24.5. The summed E-state index contributed by atoms with van der Waals surface area (Å²) >= 11 is 1.50. The van der Waals surface area contributed by atoms with Crippen LogP contribution in [0.4, 0.5) is 5.69 Å². The highest BCUT2D eigenvalue weighted by Crippen LogP contribution is 2.29. The van der Waals surface area contributed by atoms with Crippen molar-refractivity contribution in [3.63, 3.8) is 0 Å². The van der Waals surface area contributed by atoms with Gasteiger partial charge in [0.05, 0.1) is 11.4 Å². The van der Waals surface area contributed by atoms with Crippen LogP contribution in [0, 0.1) is 19.8 Å². The Kier molecular flexibility index (Phi) is 7.55. The molecule has 0 bridgehead atoms. The molecule has 0 saturated carbocycles. The average molecular weight is 492 g/mol. The van der Waals surface area contributed by atoms with Gasteiger partial charge in [-0.25, -0.2) is 4.98 Å². The SMILES string of the molecule is Cc1cccc(C)c1OCC(=O)Nc1ccccc1SCc1cc(=O)n2c(ncn2CC(C)C)n1. The minimum Gasteiger partial charge on any atom is -0.483 e. The van der Waals surface area contributed by atoms with E-state index >= 15 is 0 Å². The number of benzene rings is 2. The molecule has 0 atom stereocenters. The molecule has 35 heavy (non-hydrogen) atoms. The zero-order valence-electron chi connectivity index (χ0n) is 20.3. The summed E-state index contributed by atoms with van der Waals surface area (Å²) in [6, 6.07) is 15.0. The van der Waals surface area contributed by atoms with Gasteiger partial charge in [-0.1, -0.05) is 44.2 Å². The molecule has 4 aromatic rings. The number of para-hydroxylation sites is 2. The van der Waals surface area contributed by atoms with Crippen molar-refractivity contribution in [1.82, 2.24) is 19.2 Å². The summed E-state index contributed by atoms with van der Waals surface area (Å²) in [7, 11) is 0. The predicted octanol–water partition coefficient (Wildman–Crippen LogP) is 4.47. The van der Waals surface area contributed by atoms with Gasteiger partial charge in [0, 0.05) is 23.3 Å². The fourth-order valence-electron chi connectivity index (χ4n) is 3.78. The van der Waals surface area contributed by atoms with Gasteiger partial charge in [0.15, 0.2) is 6.61 Å². The van der Waals surface area contributed by atoms with E-state index in [9.17, 15) is 9.59 Å². The zero-order chi connectivity index (χ0) is 24.9. The van der Waals surface area contributed by atoms with Crippen LogP contribution in [-0.2, 0) is 17.1 Å². The Labute approximate surface area is 208 Å². The summed E-state index contributed by atoms with van der Waals surface area (Å²) in [5, 5.41) is 2.93. The highest BCUT2D eigenvalue weighted by atomic mass is 32.2. The van der Waals surface area contributed by atoms with Crippen molar-refractivity contribution in [2.24, 2.45) is 5.92 Å². The van der Waals surface area contributed by atoms with Crippen LogP contribution in [0.15, 0.2) is 64.5 Å². The number of hydrogen-bond acceptors (Lipinski definition) is 6. The Balaban J connectivity index is 1.43. The maximum Gasteiger partial charge on any atom is 0.274 e. The maximum absolute atomic E-state index is 12.7. The second-order valence-corrected chi connectivity index (χ2v) is 9.82. The van der Waals surface area contributed by atoms with Crippen LogP contribution in [0.25, 0.3) is 5.78 Å². The number of carbonyl (C=O) groups is 1. The van der Waals surface area contributed by atoms with E-state index in [4.69, 9.17) is 4.74 Å². The Bertz CT molecular complexity index is 1390. The van der Waals surface area contributed by atoms with Gasteiger partial charge >= 0.3 is 0 Å². The first-order chi connectivity index (χ1) is 16.8. The van der Waals surface area contributed by atoms with E-state index in [0.717, 1.165) is 21.8 Å². The molecule has 0 spiro atoms. The lowest BCUT2D eigenvalue weighted by Crippen LogP contribution is -2.22. The lowest BCUT2D eigenvalue weighted by Gasteiger charge is -2.13. The van der Waals surface area contributed by atoms with Gasteiger partial charge in [0.2, 0.25) is 0 Å². The van der Waals surface area contributed by atoms with Crippen LogP contribution in [0.2, 0.25) is 0 Å². The van der Waals surface area contributed by atoms with Gasteiger partial charge in [0.25, 0.3) is 17.2 Å². The van der Waals surface area contributed by atoms with Crippen LogP contribution in [0.5, 0.6) is 5.75 Å². The molecule has 4 rings (SSSR count). The fourth-order valence-corrected chi connectivity index (χ4v) is 4.68. The molecular formula is C26H29N5O3S. The van der Waals surface area contributed by atoms with E-state index in [-0.39, 0.29) is 18.1 Å². The number of aromatic nitrogens is 4. The van der Waals surface area contributed by atoms with E-state index in [2.05, 4.69) is 29.1 Å². The third-order valence-electron chi connectivity index (χ3n) is 5.34. The number of carbonyl (C=O) groups excluding carboxylic acids is 1. The number of anilines is 1. The topological polar surface area (TPSA) is 90.5 Å². The highest BCUT2D eigenvalue weighted by Gasteiger charge is 2.13. The molecule has 0 aliphatic carbocycles. The zero-order valence-corrected chi connectivity index (χ0v) is 21.1. The van der Waals surface area contributed by atoms with Gasteiger partial charge in [-0.05, 0) is 43.0 Å². The van der Waals surface area contributed by atoms with Crippen LogP contribution in [0.3, 0.4) is 0 Å². The molecular weight excluding hydrogens is 462 g/mol. The second kappa shape index (κ2) is 10.8.